The summed E-state index contributed by atoms with van der Waals surface area (Å²) in [5, 5.41) is 14.6. The van der Waals surface area contributed by atoms with Gasteiger partial charge in [0, 0.05) is 12.1 Å². The standard InChI is InChI=1S/C17H16N4O5/c22-12-19-21(17(24)26-11-13-6-2-1-3-7-13)15(10-18-16(21)23)14-8-4-5-9-20(14)25/h1-9,12,15H,10-11H2,(H-,18,19,22,23)/p+1. The quantitative estimate of drug-likeness (QED) is 0.357. The van der Waals surface area contributed by atoms with Crippen molar-refractivity contribution in [2.75, 3.05) is 6.54 Å². The minimum atomic E-state index is -1.16. The van der Waals surface area contributed by atoms with Crippen LogP contribution in [0, 0.1) is 5.21 Å². The third-order valence-electron chi connectivity index (χ3n) is 4.18. The number of imide groups is 1. The zero-order chi connectivity index (χ0) is 18.6. The van der Waals surface area contributed by atoms with Gasteiger partial charge in [0.2, 0.25) is 6.04 Å². The average Bonchev–Trinajstić information content (AvgIpc) is 2.99. The number of carbonyl (C=O) groups is 3. The third-order valence-corrected chi connectivity index (χ3v) is 4.18. The van der Waals surface area contributed by atoms with E-state index in [1.807, 2.05) is 6.07 Å². The minimum absolute atomic E-state index is 0.00758. The van der Waals surface area contributed by atoms with Gasteiger partial charge in [0.05, 0.1) is 6.54 Å². The number of rotatable bonds is 5. The van der Waals surface area contributed by atoms with Crippen molar-refractivity contribution in [3.63, 3.8) is 0 Å². The van der Waals surface area contributed by atoms with Gasteiger partial charge in [0.1, 0.15) is 6.61 Å². The Morgan fingerprint density at radius 2 is 2.04 bits per heavy atom. The van der Waals surface area contributed by atoms with Crippen LogP contribution in [0.1, 0.15) is 17.3 Å². The summed E-state index contributed by atoms with van der Waals surface area (Å²) in [4.78, 5) is 36.4. The smallest absolute Gasteiger partial charge is 0.552 e. The lowest BCUT2D eigenvalue weighted by Crippen LogP contribution is -2.65. The lowest BCUT2D eigenvalue weighted by molar-refractivity contribution is -0.846. The number of quaternary nitrogens is 1. The van der Waals surface area contributed by atoms with Crippen molar-refractivity contribution in [2.45, 2.75) is 12.6 Å². The molecule has 2 N–H and O–H groups in total. The summed E-state index contributed by atoms with van der Waals surface area (Å²) in [6, 6.07) is 11.8. The highest BCUT2D eigenvalue weighted by Crippen LogP contribution is 2.30. The number of nitrogens with zero attached hydrogens (tertiary/aromatic N) is 2. The molecule has 0 saturated carbocycles. The molecule has 134 valence electrons. The van der Waals surface area contributed by atoms with Crippen LogP contribution < -0.4 is 15.5 Å². The number of benzene rings is 1. The fraction of sp³-hybridized carbons (Fsp3) is 0.176. The Hall–Kier alpha value is -3.46. The van der Waals surface area contributed by atoms with Crippen molar-refractivity contribution < 1.29 is 28.4 Å². The maximum Gasteiger partial charge on any atom is 0.552 e. The van der Waals surface area contributed by atoms with Crippen LogP contribution in [-0.4, -0.2) is 29.7 Å². The van der Waals surface area contributed by atoms with E-state index >= 15 is 0 Å². The van der Waals surface area contributed by atoms with E-state index in [2.05, 4.69) is 10.7 Å². The van der Waals surface area contributed by atoms with Gasteiger partial charge < -0.3 is 9.94 Å². The van der Waals surface area contributed by atoms with Gasteiger partial charge in [-0.05, 0) is 16.2 Å². The van der Waals surface area contributed by atoms with E-state index in [1.54, 1.807) is 30.3 Å². The zero-order valence-electron chi connectivity index (χ0n) is 13.7. The average molecular weight is 357 g/mol. The summed E-state index contributed by atoms with van der Waals surface area (Å²) in [6.45, 7) is -0.0846. The van der Waals surface area contributed by atoms with Crippen LogP contribution in [0.5, 0.6) is 0 Å². The first-order valence-electron chi connectivity index (χ1n) is 7.87. The summed E-state index contributed by atoms with van der Waals surface area (Å²) >= 11 is 0. The van der Waals surface area contributed by atoms with Crippen molar-refractivity contribution >= 4 is 18.5 Å². The predicted molar refractivity (Wildman–Crippen MR) is 87.6 cm³/mol. The Balaban J connectivity index is 1.93. The second-order valence-corrected chi connectivity index (χ2v) is 5.66. The van der Waals surface area contributed by atoms with E-state index in [0.717, 1.165) is 5.56 Å². The van der Waals surface area contributed by atoms with Gasteiger partial charge in [-0.15, -0.1) is 0 Å². The maximum atomic E-state index is 12.8. The minimum Gasteiger partial charge on any atom is -0.618 e. The van der Waals surface area contributed by atoms with Gasteiger partial charge in [-0.2, -0.15) is 15.0 Å². The molecule has 1 aliphatic heterocycles. The number of hydrogen-bond acceptors (Lipinski definition) is 5. The van der Waals surface area contributed by atoms with E-state index in [-0.39, 0.29) is 25.3 Å². The molecule has 0 spiro atoms. The molecule has 0 bridgehead atoms. The second kappa shape index (κ2) is 7.19. The largest absolute Gasteiger partial charge is 0.618 e. The van der Waals surface area contributed by atoms with E-state index in [1.165, 1.54) is 18.3 Å². The number of nitrogens with one attached hydrogen (secondary N) is 2. The van der Waals surface area contributed by atoms with Crippen LogP contribution >= 0.6 is 0 Å². The fourth-order valence-electron chi connectivity index (χ4n) is 2.91. The van der Waals surface area contributed by atoms with Gasteiger partial charge in [-0.1, -0.05) is 30.3 Å². The molecule has 1 aliphatic rings. The molecule has 0 radical (unpaired) electrons. The number of urea groups is 1. The number of pyridine rings is 1. The number of carbonyl (C=O) groups excluding carboxylic acids is 3. The van der Waals surface area contributed by atoms with Gasteiger partial charge in [0.15, 0.2) is 6.20 Å². The predicted octanol–water partition coefficient (Wildman–Crippen LogP) is 0.899. The van der Waals surface area contributed by atoms with E-state index < -0.39 is 22.8 Å². The zero-order valence-corrected chi connectivity index (χ0v) is 13.7. The molecular formula is C17H17N4O5+. The van der Waals surface area contributed by atoms with Crippen molar-refractivity contribution in [3.05, 3.63) is 71.2 Å². The Bertz CT molecular complexity index is 829. The summed E-state index contributed by atoms with van der Waals surface area (Å²) in [7, 11) is 0. The molecule has 1 fully saturated rings. The first-order valence-corrected chi connectivity index (χ1v) is 7.87. The van der Waals surface area contributed by atoms with Crippen molar-refractivity contribution in [1.82, 2.24) is 10.7 Å². The van der Waals surface area contributed by atoms with Crippen LogP contribution in [0.4, 0.5) is 9.59 Å². The molecule has 9 nitrogen and oxygen atoms in total. The number of hydrogen-bond donors (Lipinski definition) is 2. The maximum absolute atomic E-state index is 12.8. The number of ether oxygens (including phenoxy) is 1. The van der Waals surface area contributed by atoms with Crippen LogP contribution in [0.2, 0.25) is 0 Å². The van der Waals surface area contributed by atoms with Gasteiger partial charge in [0.25, 0.3) is 12.1 Å². The van der Waals surface area contributed by atoms with Crippen LogP contribution in [0.25, 0.3) is 0 Å². The van der Waals surface area contributed by atoms with E-state index in [0.29, 0.717) is 4.73 Å². The molecule has 2 aromatic rings. The van der Waals surface area contributed by atoms with Gasteiger partial charge >= 0.3 is 12.1 Å². The molecule has 4 amide bonds. The molecule has 2 heterocycles. The monoisotopic (exact) mass is 357 g/mol. The van der Waals surface area contributed by atoms with Crippen LogP contribution in [0.15, 0.2) is 54.7 Å². The van der Waals surface area contributed by atoms with Crippen LogP contribution in [0.3, 0.4) is 0 Å². The van der Waals surface area contributed by atoms with Gasteiger partial charge in [-0.3, -0.25) is 10.1 Å². The lowest BCUT2D eigenvalue weighted by atomic mass is 10.1. The molecule has 0 aliphatic carbocycles. The Morgan fingerprint density at radius 1 is 1.31 bits per heavy atom. The fourth-order valence-corrected chi connectivity index (χ4v) is 2.91. The van der Waals surface area contributed by atoms with Crippen molar-refractivity contribution in [1.29, 1.82) is 0 Å². The highest BCUT2D eigenvalue weighted by atomic mass is 16.6. The number of aromatic nitrogens is 1. The molecule has 1 saturated heterocycles. The molecule has 1 aromatic heterocycles. The number of amides is 4. The topological polar surface area (TPSA) is 111 Å². The molecule has 2 atom stereocenters. The molecule has 9 heteroatoms. The highest BCUT2D eigenvalue weighted by Gasteiger charge is 2.62. The Morgan fingerprint density at radius 3 is 2.73 bits per heavy atom. The first kappa shape index (κ1) is 17.4. The molecule has 26 heavy (non-hydrogen) atoms. The summed E-state index contributed by atoms with van der Waals surface area (Å²) in [5.41, 5.74) is 3.11. The van der Waals surface area contributed by atoms with Crippen molar-refractivity contribution in [3.8, 4) is 0 Å². The molecule has 1 aromatic carbocycles. The van der Waals surface area contributed by atoms with Gasteiger partial charge in [-0.25, -0.2) is 4.79 Å². The van der Waals surface area contributed by atoms with Crippen LogP contribution in [-0.2, 0) is 16.1 Å². The van der Waals surface area contributed by atoms with E-state index in [4.69, 9.17) is 4.74 Å². The SMILES string of the molecule is O=CN[N+]1(C(=O)OCc2ccccc2)C(=O)NCC1c1cccc[n+]1[O-]. The van der Waals surface area contributed by atoms with Crippen molar-refractivity contribution in [2.24, 2.45) is 0 Å². The summed E-state index contributed by atoms with van der Waals surface area (Å²) in [6.07, 6.45) is 0.507. The Labute approximate surface area is 148 Å². The summed E-state index contributed by atoms with van der Waals surface area (Å²) in [5.74, 6) is 0. The first-order chi connectivity index (χ1) is 12.6. The van der Waals surface area contributed by atoms with E-state index in [9.17, 15) is 19.6 Å². The Kier molecular flexibility index (Phi) is 4.81. The summed E-state index contributed by atoms with van der Waals surface area (Å²) < 4.78 is 4.66. The molecule has 2 unspecified atom stereocenters. The molecular weight excluding hydrogens is 340 g/mol. The highest BCUT2D eigenvalue weighted by molar-refractivity contribution is 5.82. The second-order valence-electron chi connectivity index (χ2n) is 5.66. The normalized spacial score (nSPS) is 21.7. The molecule has 3 rings (SSSR count). The third kappa shape index (κ3) is 2.95. The lowest BCUT2D eigenvalue weighted by Gasteiger charge is -2.28.